The summed E-state index contributed by atoms with van der Waals surface area (Å²) in [6.07, 6.45) is 1.79. The average Bonchev–Trinajstić information content (AvgIpc) is 3.30. The fourth-order valence-electron chi connectivity index (χ4n) is 3.80. The fourth-order valence-corrected chi connectivity index (χ4v) is 3.80. The van der Waals surface area contributed by atoms with Crippen LogP contribution in [0.2, 0.25) is 0 Å². The van der Waals surface area contributed by atoms with Gasteiger partial charge in [0.15, 0.2) is 5.82 Å². The highest BCUT2D eigenvalue weighted by atomic mass is 19.4. The molecule has 3 N–H and O–H groups in total. The third kappa shape index (κ3) is 4.63. The van der Waals surface area contributed by atoms with Crippen molar-refractivity contribution in [3.63, 3.8) is 0 Å². The predicted molar refractivity (Wildman–Crippen MR) is 115 cm³/mol. The van der Waals surface area contributed by atoms with Gasteiger partial charge in [-0.1, -0.05) is 25.0 Å². The smallest absolute Gasteiger partial charge is 0.396 e. The van der Waals surface area contributed by atoms with Crippen molar-refractivity contribution in [3.05, 3.63) is 60.6 Å². The van der Waals surface area contributed by atoms with Gasteiger partial charge in [0.25, 0.3) is 0 Å². The molecule has 0 atom stereocenters. The second-order valence-corrected chi connectivity index (χ2v) is 7.52. The number of anilines is 3. The molecule has 7 nitrogen and oxygen atoms in total. The third-order valence-corrected chi connectivity index (χ3v) is 5.34. The molecule has 1 fully saturated rings. The quantitative estimate of drug-likeness (QED) is 0.585. The minimum atomic E-state index is -4.47. The van der Waals surface area contributed by atoms with Gasteiger partial charge in [-0.2, -0.15) is 13.2 Å². The number of hydrogen-bond acceptors (Lipinski definition) is 5. The molecule has 1 aromatic carbocycles. The number of pyridine rings is 1. The Morgan fingerprint density at radius 3 is 2.59 bits per heavy atom. The van der Waals surface area contributed by atoms with Gasteiger partial charge in [0.2, 0.25) is 0 Å². The van der Waals surface area contributed by atoms with Crippen molar-refractivity contribution in [2.45, 2.75) is 37.9 Å². The normalized spacial score (nSPS) is 14.3. The minimum Gasteiger partial charge on any atom is -0.396 e. The number of nitrogens with two attached hydrogens (primary N) is 1. The first kappa shape index (κ1) is 21.5. The highest BCUT2D eigenvalue weighted by Gasteiger charge is 2.32. The van der Waals surface area contributed by atoms with Crippen molar-refractivity contribution in [2.75, 3.05) is 16.0 Å². The largest absolute Gasteiger partial charge is 0.416 e. The van der Waals surface area contributed by atoms with Crippen molar-refractivity contribution in [1.82, 2.24) is 15.0 Å². The molecule has 2 aromatic heterocycles. The maximum atomic E-state index is 13.2. The highest BCUT2D eigenvalue weighted by molar-refractivity contribution is 6.03. The summed E-state index contributed by atoms with van der Waals surface area (Å²) in [5, 5.41) is 2.72. The van der Waals surface area contributed by atoms with Crippen LogP contribution in [0, 0.1) is 0 Å². The molecular weight excluding hydrogens is 421 g/mol. The van der Waals surface area contributed by atoms with Crippen LogP contribution in [0.25, 0.3) is 11.3 Å². The van der Waals surface area contributed by atoms with Crippen LogP contribution in [0.3, 0.4) is 0 Å². The maximum absolute atomic E-state index is 13.2. The number of rotatable bonds is 4. The monoisotopic (exact) mass is 442 g/mol. The van der Waals surface area contributed by atoms with Crippen molar-refractivity contribution in [2.24, 2.45) is 0 Å². The van der Waals surface area contributed by atoms with Crippen molar-refractivity contribution in [3.8, 4) is 11.3 Å². The van der Waals surface area contributed by atoms with Gasteiger partial charge >= 0.3 is 12.2 Å². The van der Waals surface area contributed by atoms with Gasteiger partial charge in [0.1, 0.15) is 12.1 Å². The van der Waals surface area contributed by atoms with E-state index in [1.807, 2.05) is 0 Å². The Morgan fingerprint density at radius 1 is 1.12 bits per heavy atom. The molecule has 3 aromatic rings. The second kappa shape index (κ2) is 8.81. The Balaban J connectivity index is 1.72. The maximum Gasteiger partial charge on any atom is 0.416 e. The van der Waals surface area contributed by atoms with Gasteiger partial charge in [-0.25, -0.2) is 19.7 Å². The lowest BCUT2D eigenvalue weighted by atomic mass is 10.1. The molecule has 10 heteroatoms. The molecular formula is C22H21F3N6O. The number of urea groups is 1. The zero-order valence-corrected chi connectivity index (χ0v) is 17.0. The van der Waals surface area contributed by atoms with E-state index in [-0.39, 0.29) is 28.8 Å². The van der Waals surface area contributed by atoms with E-state index >= 15 is 0 Å². The lowest BCUT2D eigenvalue weighted by Crippen LogP contribution is -2.43. The number of nitrogens with zero attached hydrogens (tertiary/aromatic N) is 4. The number of nitrogen functional groups attached to an aromatic ring is 1. The standard InChI is InChI=1S/C22H21F3N6O/c23-22(24,25)15-5-3-4-14(12-15)18-9-8-17(26)20(29-18)31(16-6-1-2-7-16)21(32)30-19-10-11-27-13-28-19/h3-5,8-13,16H,1-2,6-7,26H2,(H,27,28,30,32). The minimum absolute atomic E-state index is 0.136. The van der Waals surface area contributed by atoms with E-state index in [0.29, 0.717) is 5.82 Å². The van der Waals surface area contributed by atoms with Crippen LogP contribution in [0.1, 0.15) is 31.2 Å². The summed E-state index contributed by atoms with van der Waals surface area (Å²) in [7, 11) is 0. The number of nitrogens with one attached hydrogen (secondary N) is 1. The zero-order valence-electron chi connectivity index (χ0n) is 17.0. The Bertz CT molecular complexity index is 1100. The van der Waals surface area contributed by atoms with Crippen LogP contribution >= 0.6 is 0 Å². The summed E-state index contributed by atoms with van der Waals surface area (Å²) in [6.45, 7) is 0. The molecule has 2 amide bonds. The molecule has 0 aliphatic heterocycles. The van der Waals surface area contributed by atoms with E-state index in [9.17, 15) is 18.0 Å². The molecule has 1 aliphatic carbocycles. The van der Waals surface area contributed by atoms with Gasteiger partial charge in [-0.15, -0.1) is 0 Å². The summed E-state index contributed by atoms with van der Waals surface area (Å²) in [5.74, 6) is 0.527. The van der Waals surface area contributed by atoms with E-state index in [1.165, 1.54) is 23.5 Å². The number of amides is 2. The van der Waals surface area contributed by atoms with E-state index in [0.717, 1.165) is 37.8 Å². The van der Waals surface area contributed by atoms with E-state index < -0.39 is 17.8 Å². The Kier molecular flexibility index (Phi) is 5.93. The third-order valence-electron chi connectivity index (χ3n) is 5.34. The van der Waals surface area contributed by atoms with Crippen molar-refractivity contribution < 1.29 is 18.0 Å². The topological polar surface area (TPSA) is 97.0 Å². The first-order chi connectivity index (χ1) is 15.3. The SMILES string of the molecule is Nc1ccc(-c2cccc(C(F)(F)F)c2)nc1N(C(=O)Nc1ccncn1)C1CCCC1. The van der Waals surface area contributed by atoms with Gasteiger partial charge in [0.05, 0.1) is 16.9 Å². The predicted octanol–water partition coefficient (Wildman–Crippen LogP) is 5.12. The molecule has 1 aliphatic rings. The molecule has 0 unspecified atom stereocenters. The number of carbonyl (C=O) groups excluding carboxylic acids is 1. The fraction of sp³-hybridized carbons (Fsp3) is 0.273. The molecule has 32 heavy (non-hydrogen) atoms. The van der Waals surface area contributed by atoms with E-state index in [4.69, 9.17) is 5.73 Å². The van der Waals surface area contributed by atoms with Crippen LogP contribution in [0.5, 0.6) is 0 Å². The van der Waals surface area contributed by atoms with Gasteiger partial charge < -0.3 is 5.73 Å². The van der Waals surface area contributed by atoms with Crippen LogP contribution in [0.15, 0.2) is 55.0 Å². The van der Waals surface area contributed by atoms with Crippen LogP contribution in [-0.4, -0.2) is 27.0 Å². The van der Waals surface area contributed by atoms with Crippen molar-refractivity contribution >= 4 is 23.4 Å². The zero-order chi connectivity index (χ0) is 22.7. The van der Waals surface area contributed by atoms with E-state index in [1.54, 1.807) is 24.3 Å². The molecule has 4 rings (SSSR count). The first-order valence-electron chi connectivity index (χ1n) is 10.1. The van der Waals surface area contributed by atoms with Crippen molar-refractivity contribution in [1.29, 1.82) is 0 Å². The second-order valence-electron chi connectivity index (χ2n) is 7.52. The van der Waals surface area contributed by atoms with E-state index in [2.05, 4.69) is 20.3 Å². The summed E-state index contributed by atoms with van der Waals surface area (Å²) in [6, 6.07) is 8.96. The summed E-state index contributed by atoms with van der Waals surface area (Å²) in [4.78, 5) is 27.0. The molecule has 0 radical (unpaired) electrons. The number of carbonyl (C=O) groups is 1. The number of halogens is 3. The molecule has 0 spiro atoms. The molecule has 0 saturated heterocycles. The summed E-state index contributed by atoms with van der Waals surface area (Å²) in [5.41, 5.74) is 6.23. The van der Waals surface area contributed by atoms with Gasteiger partial charge in [-0.3, -0.25) is 10.2 Å². The lowest BCUT2D eigenvalue weighted by Gasteiger charge is -2.29. The van der Waals surface area contributed by atoms with Gasteiger partial charge in [-0.05, 0) is 43.2 Å². The summed E-state index contributed by atoms with van der Waals surface area (Å²) >= 11 is 0. The van der Waals surface area contributed by atoms with Gasteiger partial charge in [0, 0.05) is 17.8 Å². The number of aromatic nitrogens is 3. The average molecular weight is 442 g/mol. The van der Waals surface area contributed by atoms with Crippen LogP contribution < -0.4 is 16.0 Å². The number of benzene rings is 1. The number of hydrogen-bond donors (Lipinski definition) is 2. The summed E-state index contributed by atoms with van der Waals surface area (Å²) < 4.78 is 39.5. The van der Waals surface area contributed by atoms with Crippen LogP contribution in [0.4, 0.5) is 35.3 Å². The highest BCUT2D eigenvalue weighted by Crippen LogP contribution is 2.35. The molecule has 166 valence electrons. The molecule has 1 saturated carbocycles. The first-order valence-corrected chi connectivity index (χ1v) is 10.1. The molecule has 2 heterocycles. The Hall–Kier alpha value is -3.69. The Labute approximate surface area is 182 Å². The Morgan fingerprint density at radius 2 is 1.91 bits per heavy atom. The van der Waals surface area contributed by atoms with Crippen LogP contribution in [-0.2, 0) is 6.18 Å². The molecule has 0 bridgehead atoms. The lowest BCUT2D eigenvalue weighted by molar-refractivity contribution is -0.137. The number of alkyl halides is 3.